The number of non-ortho nitro benzene ring substituents is 1. The van der Waals surface area contributed by atoms with E-state index in [0.29, 0.717) is 34.8 Å². The molecule has 12 heteroatoms. The molecule has 1 aliphatic rings. The van der Waals surface area contributed by atoms with Crippen LogP contribution >= 0.6 is 11.8 Å². The van der Waals surface area contributed by atoms with Crippen LogP contribution in [0.3, 0.4) is 0 Å². The topological polar surface area (TPSA) is 147 Å². The number of amides is 1. The van der Waals surface area contributed by atoms with Crippen LogP contribution in [0.5, 0.6) is 0 Å². The second kappa shape index (κ2) is 16.2. The Bertz CT molecular complexity index is 1640. The van der Waals surface area contributed by atoms with E-state index in [4.69, 9.17) is 0 Å². The zero-order chi connectivity index (χ0) is 33.3. The quantitative estimate of drug-likeness (QED) is 0.135. The molecule has 0 spiro atoms. The minimum absolute atomic E-state index is 0.0261. The number of hydrogen-bond donors (Lipinski definition) is 2. The lowest BCUT2D eigenvalue weighted by Crippen LogP contribution is -2.41. The van der Waals surface area contributed by atoms with Gasteiger partial charge in [0.05, 0.1) is 9.82 Å². The highest BCUT2D eigenvalue weighted by Crippen LogP contribution is 2.31. The Morgan fingerprint density at radius 1 is 1.04 bits per heavy atom. The smallest absolute Gasteiger partial charge is 0.326 e. The average molecular weight is 668 g/mol. The fourth-order valence-electron chi connectivity index (χ4n) is 5.89. The number of rotatable bonds is 15. The van der Waals surface area contributed by atoms with Gasteiger partial charge in [-0.15, -0.1) is 0 Å². The molecule has 1 amide bonds. The number of sulfonamides is 1. The van der Waals surface area contributed by atoms with Gasteiger partial charge in [0.1, 0.15) is 6.04 Å². The first-order valence-electron chi connectivity index (χ1n) is 15.5. The van der Waals surface area contributed by atoms with Crippen LogP contribution in [0.2, 0.25) is 0 Å². The molecule has 0 heterocycles. The molecule has 46 heavy (non-hydrogen) atoms. The van der Waals surface area contributed by atoms with E-state index in [9.17, 15) is 33.2 Å². The van der Waals surface area contributed by atoms with Crippen molar-refractivity contribution in [3.05, 3.63) is 93.5 Å². The van der Waals surface area contributed by atoms with E-state index in [1.54, 1.807) is 18.2 Å². The van der Waals surface area contributed by atoms with Crippen molar-refractivity contribution in [3.63, 3.8) is 0 Å². The second-order valence-corrected chi connectivity index (χ2v) is 14.6. The molecule has 3 aromatic rings. The number of hydrogen-bond acceptors (Lipinski definition) is 7. The summed E-state index contributed by atoms with van der Waals surface area (Å²) in [5, 5.41) is 23.6. The van der Waals surface area contributed by atoms with Crippen molar-refractivity contribution in [1.82, 2.24) is 9.62 Å². The maximum absolute atomic E-state index is 14.0. The maximum Gasteiger partial charge on any atom is 0.326 e. The number of benzene rings is 3. The Hall–Kier alpha value is -3.74. The summed E-state index contributed by atoms with van der Waals surface area (Å²) in [5.41, 5.74) is 3.00. The predicted molar refractivity (Wildman–Crippen MR) is 180 cm³/mol. The molecule has 0 saturated heterocycles. The molecule has 1 fully saturated rings. The molecule has 0 aromatic heterocycles. The zero-order valence-electron chi connectivity index (χ0n) is 26.2. The monoisotopic (exact) mass is 667 g/mol. The van der Waals surface area contributed by atoms with Crippen molar-refractivity contribution < 1.29 is 28.0 Å². The fourth-order valence-corrected chi connectivity index (χ4v) is 7.81. The van der Waals surface area contributed by atoms with Gasteiger partial charge in [-0.05, 0) is 84.2 Å². The van der Waals surface area contributed by atoms with E-state index in [0.717, 1.165) is 36.8 Å². The van der Waals surface area contributed by atoms with E-state index < -0.39 is 32.9 Å². The SMILES string of the molecule is CSCC[C@H](NC(=O)c1ccc(CN(CCC2CCCCC2)S(=O)(=O)c2ccc([N+](=O)[O-])cc2)cc1-c1ccccc1C)C(=O)O. The summed E-state index contributed by atoms with van der Waals surface area (Å²) in [7, 11) is -4.02. The van der Waals surface area contributed by atoms with E-state index in [1.807, 2.05) is 37.4 Å². The molecule has 4 rings (SSSR count). The van der Waals surface area contributed by atoms with Crippen molar-refractivity contribution in [2.75, 3.05) is 18.6 Å². The Morgan fingerprint density at radius 3 is 2.37 bits per heavy atom. The molecule has 0 unspecified atom stereocenters. The van der Waals surface area contributed by atoms with Gasteiger partial charge in [-0.2, -0.15) is 16.1 Å². The van der Waals surface area contributed by atoms with Crippen molar-refractivity contribution in [2.24, 2.45) is 5.92 Å². The number of thioether (sulfide) groups is 1. The van der Waals surface area contributed by atoms with Crippen LogP contribution in [0.4, 0.5) is 5.69 Å². The molecule has 0 aliphatic heterocycles. The molecule has 2 N–H and O–H groups in total. The molecule has 3 aromatic carbocycles. The van der Waals surface area contributed by atoms with E-state index in [-0.39, 0.29) is 30.1 Å². The number of nitro groups is 1. The van der Waals surface area contributed by atoms with E-state index in [2.05, 4.69) is 5.32 Å². The first-order valence-corrected chi connectivity index (χ1v) is 18.3. The highest BCUT2D eigenvalue weighted by Gasteiger charge is 2.28. The van der Waals surface area contributed by atoms with Gasteiger partial charge < -0.3 is 10.4 Å². The van der Waals surface area contributed by atoms with Gasteiger partial charge >= 0.3 is 5.97 Å². The van der Waals surface area contributed by atoms with Crippen molar-refractivity contribution in [1.29, 1.82) is 0 Å². The van der Waals surface area contributed by atoms with Crippen LogP contribution in [0.25, 0.3) is 11.1 Å². The third kappa shape index (κ3) is 8.95. The van der Waals surface area contributed by atoms with Crippen LogP contribution in [0, 0.1) is 23.0 Å². The summed E-state index contributed by atoms with van der Waals surface area (Å²) >= 11 is 1.50. The Balaban J connectivity index is 1.71. The number of carboxylic acids is 1. The highest BCUT2D eigenvalue weighted by molar-refractivity contribution is 7.98. The standard InChI is InChI=1S/C34H41N3O7S2/c1-24-8-6-7-11-29(24)31-22-26(12-17-30(31)33(38)35-32(34(39)40)19-21-45-2)23-36(20-18-25-9-4-3-5-10-25)46(43,44)28-15-13-27(14-16-28)37(41)42/h6-8,11-17,22,25,32H,3-5,9-10,18-21,23H2,1-2H3,(H,35,38)(H,39,40)/t32-/m0/s1. The van der Waals surface area contributed by atoms with Crippen molar-refractivity contribution in [3.8, 4) is 11.1 Å². The summed E-state index contributed by atoms with van der Waals surface area (Å²) in [4.78, 5) is 36.0. The Kier molecular flexibility index (Phi) is 12.4. The minimum Gasteiger partial charge on any atom is -0.480 e. The third-order valence-corrected chi connectivity index (χ3v) is 11.0. The maximum atomic E-state index is 14.0. The van der Waals surface area contributed by atoms with Gasteiger partial charge in [-0.3, -0.25) is 14.9 Å². The van der Waals surface area contributed by atoms with Crippen LogP contribution < -0.4 is 5.32 Å². The molecular weight excluding hydrogens is 627 g/mol. The van der Waals surface area contributed by atoms with E-state index >= 15 is 0 Å². The van der Waals surface area contributed by atoms with Gasteiger partial charge in [-0.1, -0.05) is 62.4 Å². The predicted octanol–water partition coefficient (Wildman–Crippen LogP) is 6.67. The second-order valence-electron chi connectivity index (χ2n) is 11.7. The molecule has 10 nitrogen and oxygen atoms in total. The third-order valence-electron chi connectivity index (χ3n) is 8.53. The number of nitrogens with zero attached hydrogens (tertiary/aromatic N) is 2. The largest absolute Gasteiger partial charge is 0.480 e. The molecular formula is C34H41N3O7S2. The highest BCUT2D eigenvalue weighted by atomic mass is 32.2. The van der Waals surface area contributed by atoms with Gasteiger partial charge in [-0.25, -0.2) is 13.2 Å². The lowest BCUT2D eigenvalue weighted by atomic mass is 9.87. The number of carboxylic acid groups (broad SMARTS) is 1. The molecule has 1 atom stereocenters. The lowest BCUT2D eigenvalue weighted by molar-refractivity contribution is -0.384. The van der Waals surface area contributed by atoms with Crippen LogP contribution in [0.1, 0.15) is 66.4 Å². The number of carbonyl (C=O) groups is 2. The number of aliphatic carboxylic acids is 1. The van der Waals surface area contributed by atoms with Crippen LogP contribution in [0.15, 0.2) is 71.6 Å². The number of nitro benzene ring substituents is 1. The lowest BCUT2D eigenvalue weighted by Gasteiger charge is -2.27. The number of aryl methyl sites for hydroxylation is 1. The fraction of sp³-hybridized carbons (Fsp3) is 0.412. The molecule has 0 bridgehead atoms. The molecule has 1 saturated carbocycles. The summed E-state index contributed by atoms with van der Waals surface area (Å²) in [6.07, 6.45) is 8.40. The number of nitrogens with one attached hydrogen (secondary N) is 1. The summed E-state index contributed by atoms with van der Waals surface area (Å²) in [5.74, 6) is -0.640. The van der Waals surface area contributed by atoms with E-state index in [1.165, 1.54) is 46.8 Å². The minimum atomic E-state index is -4.02. The molecule has 1 aliphatic carbocycles. The van der Waals surface area contributed by atoms with Crippen LogP contribution in [-0.4, -0.2) is 59.2 Å². The van der Waals surface area contributed by atoms with Gasteiger partial charge in [0, 0.05) is 30.8 Å². The summed E-state index contributed by atoms with van der Waals surface area (Å²) < 4.78 is 29.4. The average Bonchev–Trinajstić information content (AvgIpc) is 3.05. The van der Waals surface area contributed by atoms with Gasteiger partial charge in [0.25, 0.3) is 11.6 Å². The summed E-state index contributed by atoms with van der Waals surface area (Å²) in [6, 6.07) is 16.5. The van der Waals surface area contributed by atoms with Crippen molar-refractivity contribution >= 4 is 39.3 Å². The van der Waals surface area contributed by atoms with Gasteiger partial charge in [0.15, 0.2) is 0 Å². The number of carbonyl (C=O) groups excluding carboxylic acids is 1. The Morgan fingerprint density at radius 2 is 1.74 bits per heavy atom. The Labute approximate surface area is 274 Å². The first kappa shape index (κ1) is 35.1. The zero-order valence-corrected chi connectivity index (χ0v) is 27.8. The van der Waals surface area contributed by atoms with Gasteiger partial charge in [0.2, 0.25) is 10.0 Å². The normalized spacial score (nSPS) is 14.6. The molecule has 0 radical (unpaired) electrons. The van der Waals surface area contributed by atoms with Crippen molar-refractivity contribution in [2.45, 2.75) is 69.4 Å². The molecule has 246 valence electrons. The first-order chi connectivity index (χ1) is 22.0. The summed E-state index contributed by atoms with van der Waals surface area (Å²) in [6.45, 7) is 2.22. The van der Waals surface area contributed by atoms with Crippen LogP contribution in [-0.2, 0) is 21.4 Å².